The molecule has 0 aromatic heterocycles. The summed E-state index contributed by atoms with van der Waals surface area (Å²) in [6.07, 6.45) is 0.731. The average molecular weight is 299 g/mol. The van der Waals surface area contributed by atoms with Crippen LogP contribution in [-0.4, -0.2) is 29.2 Å². The van der Waals surface area contributed by atoms with E-state index in [2.05, 4.69) is 5.32 Å². The third-order valence-electron chi connectivity index (χ3n) is 2.99. The van der Waals surface area contributed by atoms with Crippen molar-refractivity contribution in [3.05, 3.63) is 29.3 Å². The first-order valence-electron chi connectivity index (χ1n) is 6.32. The van der Waals surface area contributed by atoms with E-state index >= 15 is 0 Å². The third kappa shape index (κ3) is 4.74. The van der Waals surface area contributed by atoms with Crippen LogP contribution in [0.2, 0.25) is 5.02 Å². The van der Waals surface area contributed by atoms with E-state index in [1.54, 1.807) is 24.3 Å². The zero-order valence-corrected chi connectivity index (χ0v) is 12.6. The Balaban J connectivity index is 3.01. The fourth-order valence-electron chi connectivity index (χ4n) is 1.50. The predicted molar refractivity (Wildman–Crippen MR) is 79.3 cm³/mol. The first kappa shape index (κ1) is 16.3. The van der Waals surface area contributed by atoms with Gasteiger partial charge in [-0.05, 0) is 38.5 Å². The van der Waals surface area contributed by atoms with E-state index < -0.39 is 24.1 Å². The summed E-state index contributed by atoms with van der Waals surface area (Å²) in [6.45, 7) is 5.27. The molecule has 1 rings (SSSR count). The van der Waals surface area contributed by atoms with Crippen molar-refractivity contribution in [3.8, 4) is 0 Å². The molecule has 0 heterocycles. The van der Waals surface area contributed by atoms with E-state index in [4.69, 9.17) is 16.7 Å². The molecule has 0 aliphatic heterocycles. The minimum absolute atomic E-state index is 0.410. The number of nitrogens with zero attached hydrogens (tertiary/aromatic N) is 1. The molecule has 0 spiro atoms. The molecule has 0 radical (unpaired) electrons. The van der Waals surface area contributed by atoms with E-state index in [0.29, 0.717) is 10.7 Å². The Kier molecular flexibility index (Phi) is 5.39. The monoisotopic (exact) mass is 298 g/mol. The zero-order valence-electron chi connectivity index (χ0n) is 11.8. The number of hydrogen-bond acceptors (Lipinski definition) is 2. The molecule has 0 saturated heterocycles. The number of halogens is 1. The minimum atomic E-state index is -1.09. The molecule has 20 heavy (non-hydrogen) atoms. The number of anilines is 1. The van der Waals surface area contributed by atoms with Gasteiger partial charge in [-0.25, -0.2) is 4.79 Å². The van der Waals surface area contributed by atoms with E-state index in [1.807, 2.05) is 20.8 Å². The summed E-state index contributed by atoms with van der Waals surface area (Å²) in [6, 6.07) is 6.08. The Bertz CT molecular complexity index is 503. The van der Waals surface area contributed by atoms with Crippen molar-refractivity contribution in [2.45, 2.75) is 32.7 Å². The molecule has 1 aromatic carbocycles. The Morgan fingerprint density at radius 3 is 2.55 bits per heavy atom. The summed E-state index contributed by atoms with van der Waals surface area (Å²) >= 11 is 5.88. The first-order chi connectivity index (χ1) is 9.25. The lowest BCUT2D eigenvalue weighted by atomic mass is 10.0. The van der Waals surface area contributed by atoms with Gasteiger partial charge in [0, 0.05) is 16.2 Å². The van der Waals surface area contributed by atoms with Gasteiger partial charge in [0.05, 0.1) is 0 Å². The lowest BCUT2D eigenvalue weighted by molar-refractivity contribution is -0.135. The third-order valence-corrected chi connectivity index (χ3v) is 3.22. The predicted octanol–water partition coefficient (Wildman–Crippen LogP) is 3.13. The number of carboxylic acids is 1. The molecule has 110 valence electrons. The second-order valence-electron chi connectivity index (χ2n) is 5.13. The number of carbonyl (C=O) groups is 2. The molecule has 2 N–H and O–H groups in total. The van der Waals surface area contributed by atoms with Gasteiger partial charge in [0.15, 0.2) is 0 Å². The molecule has 0 fully saturated rings. The number of nitrogens with one attached hydrogen (secondary N) is 1. The second kappa shape index (κ2) is 6.61. The van der Waals surface area contributed by atoms with Gasteiger partial charge in [0.2, 0.25) is 0 Å². The standard InChI is InChI=1S/C14H19ClN2O3/c1-4-14(2,3)16-13(20)17(9-12(18)19)11-7-5-6-10(15)8-11/h5-8H,4,9H2,1-3H3,(H,16,20)(H,18,19). The van der Waals surface area contributed by atoms with Crippen LogP contribution in [-0.2, 0) is 4.79 Å². The highest BCUT2D eigenvalue weighted by Crippen LogP contribution is 2.20. The number of hydrogen-bond donors (Lipinski definition) is 2. The molecule has 0 atom stereocenters. The van der Waals surface area contributed by atoms with Crippen LogP contribution in [0.1, 0.15) is 27.2 Å². The number of benzene rings is 1. The van der Waals surface area contributed by atoms with Crippen LogP contribution in [0.5, 0.6) is 0 Å². The number of aliphatic carboxylic acids is 1. The topological polar surface area (TPSA) is 69.6 Å². The summed E-state index contributed by atoms with van der Waals surface area (Å²) < 4.78 is 0. The second-order valence-corrected chi connectivity index (χ2v) is 5.56. The molecular weight excluding hydrogens is 280 g/mol. The van der Waals surface area contributed by atoms with E-state index in [-0.39, 0.29) is 0 Å². The fourth-order valence-corrected chi connectivity index (χ4v) is 1.69. The molecular formula is C14H19ClN2O3. The van der Waals surface area contributed by atoms with Gasteiger partial charge in [-0.15, -0.1) is 0 Å². The smallest absolute Gasteiger partial charge is 0.323 e. The Morgan fingerprint density at radius 1 is 1.40 bits per heavy atom. The van der Waals surface area contributed by atoms with Gasteiger partial charge in [0.1, 0.15) is 6.54 Å². The largest absolute Gasteiger partial charge is 0.480 e. The van der Waals surface area contributed by atoms with Gasteiger partial charge in [0.25, 0.3) is 0 Å². The Morgan fingerprint density at radius 2 is 2.05 bits per heavy atom. The van der Waals surface area contributed by atoms with Crippen molar-refractivity contribution >= 4 is 29.3 Å². The highest BCUT2D eigenvalue weighted by molar-refractivity contribution is 6.30. The van der Waals surface area contributed by atoms with Crippen LogP contribution in [0, 0.1) is 0 Å². The highest BCUT2D eigenvalue weighted by atomic mass is 35.5. The molecule has 0 bridgehead atoms. The van der Waals surface area contributed by atoms with Gasteiger partial charge in [-0.2, -0.15) is 0 Å². The summed E-state index contributed by atoms with van der Waals surface area (Å²) in [5.41, 5.74) is 0.0381. The van der Waals surface area contributed by atoms with Gasteiger partial charge in [-0.3, -0.25) is 9.69 Å². The van der Waals surface area contributed by atoms with Crippen molar-refractivity contribution in [2.24, 2.45) is 0 Å². The summed E-state index contributed by atoms with van der Waals surface area (Å²) in [5.74, 6) is -1.09. The summed E-state index contributed by atoms with van der Waals surface area (Å²) in [4.78, 5) is 24.4. The molecule has 6 heteroatoms. The van der Waals surface area contributed by atoms with Gasteiger partial charge < -0.3 is 10.4 Å². The Labute approximate surface area is 123 Å². The molecule has 0 aliphatic rings. The van der Waals surface area contributed by atoms with E-state index in [9.17, 15) is 9.59 Å². The van der Waals surface area contributed by atoms with E-state index in [1.165, 1.54) is 0 Å². The van der Waals surface area contributed by atoms with E-state index in [0.717, 1.165) is 11.3 Å². The lowest BCUT2D eigenvalue weighted by Crippen LogP contribution is -2.51. The van der Waals surface area contributed by atoms with Crippen LogP contribution in [0.3, 0.4) is 0 Å². The molecule has 0 aliphatic carbocycles. The quantitative estimate of drug-likeness (QED) is 0.877. The van der Waals surface area contributed by atoms with Crippen LogP contribution < -0.4 is 10.2 Å². The van der Waals surface area contributed by atoms with Crippen molar-refractivity contribution < 1.29 is 14.7 Å². The molecule has 0 saturated carbocycles. The molecule has 1 aromatic rings. The summed E-state index contributed by atoms with van der Waals surface area (Å²) in [7, 11) is 0. The number of carboxylic acid groups (broad SMARTS) is 1. The summed E-state index contributed by atoms with van der Waals surface area (Å²) in [5, 5.41) is 12.2. The highest BCUT2D eigenvalue weighted by Gasteiger charge is 2.24. The van der Waals surface area contributed by atoms with Crippen molar-refractivity contribution in [1.82, 2.24) is 5.32 Å². The van der Waals surface area contributed by atoms with Crippen LogP contribution in [0.4, 0.5) is 10.5 Å². The molecule has 5 nitrogen and oxygen atoms in total. The van der Waals surface area contributed by atoms with Crippen molar-refractivity contribution in [3.63, 3.8) is 0 Å². The minimum Gasteiger partial charge on any atom is -0.480 e. The maximum absolute atomic E-state index is 12.3. The number of amides is 2. The number of rotatable bonds is 5. The zero-order chi connectivity index (χ0) is 15.3. The maximum Gasteiger partial charge on any atom is 0.323 e. The maximum atomic E-state index is 12.3. The van der Waals surface area contributed by atoms with Crippen LogP contribution in [0.15, 0.2) is 24.3 Å². The molecule has 2 amide bonds. The van der Waals surface area contributed by atoms with Crippen molar-refractivity contribution in [1.29, 1.82) is 0 Å². The Hall–Kier alpha value is -1.75. The first-order valence-corrected chi connectivity index (χ1v) is 6.70. The number of carbonyl (C=O) groups excluding carboxylic acids is 1. The van der Waals surface area contributed by atoms with Gasteiger partial charge >= 0.3 is 12.0 Å². The van der Waals surface area contributed by atoms with Gasteiger partial charge in [-0.1, -0.05) is 24.6 Å². The fraction of sp³-hybridized carbons (Fsp3) is 0.429. The van der Waals surface area contributed by atoms with Crippen LogP contribution >= 0.6 is 11.6 Å². The number of urea groups is 1. The van der Waals surface area contributed by atoms with Crippen LogP contribution in [0.25, 0.3) is 0 Å². The van der Waals surface area contributed by atoms with Crippen molar-refractivity contribution in [2.75, 3.05) is 11.4 Å². The molecule has 0 unspecified atom stereocenters. The average Bonchev–Trinajstić information content (AvgIpc) is 2.35. The lowest BCUT2D eigenvalue weighted by Gasteiger charge is -2.29. The normalized spacial score (nSPS) is 11.0. The SMILES string of the molecule is CCC(C)(C)NC(=O)N(CC(=O)O)c1cccc(Cl)c1.